The molecule has 0 aliphatic rings. The van der Waals surface area contributed by atoms with Crippen LogP contribution in [-0.4, -0.2) is 65.1 Å². The number of nitrogens with one attached hydrogen (secondary N) is 2. The fourth-order valence-corrected chi connectivity index (χ4v) is 3.52. The smallest absolute Gasteiger partial charge is 0.209 e. The van der Waals surface area contributed by atoms with Gasteiger partial charge in [-0.15, -0.1) is 0 Å². The zero-order chi connectivity index (χ0) is 19.8. The Morgan fingerprint density at radius 3 is 2.96 bits per heavy atom. The predicted molar refractivity (Wildman–Crippen MR) is 103 cm³/mol. The molecule has 1 amide bonds. The molecule has 2 aromatic rings. The number of hydrogen-bond donors (Lipinski definition) is 3. The minimum absolute atomic E-state index is 0.00818. The Bertz CT molecular complexity index is 806. The van der Waals surface area contributed by atoms with E-state index in [0.717, 1.165) is 6.41 Å². The van der Waals surface area contributed by atoms with E-state index in [1.165, 1.54) is 30.0 Å². The molecule has 0 aliphatic carbocycles. The first kappa shape index (κ1) is 21.1. The van der Waals surface area contributed by atoms with E-state index in [2.05, 4.69) is 42.0 Å². The zero-order valence-corrected chi connectivity index (χ0v) is 16.9. The van der Waals surface area contributed by atoms with Crippen LogP contribution in [0, 0.1) is 5.82 Å². The molecule has 0 bridgehead atoms. The van der Waals surface area contributed by atoms with Crippen molar-refractivity contribution in [2.75, 3.05) is 31.7 Å². The number of nitrogens with zero attached hydrogens (tertiary/aromatic N) is 4. The molecule has 0 spiro atoms. The maximum Gasteiger partial charge on any atom is 0.209 e. The lowest BCUT2D eigenvalue weighted by Crippen LogP contribution is -2.40. The standard InChI is InChI=1S/C15H18BrFN6O3S/c1-18-6-10(23(2)8-24)7-27-15-13(21-26-22-15)14(20-25)19-9-3-4-12(17)11(16)5-9/h3-5,8,10,18,25H,6-7H2,1-2H3,(H,19,20). The molecule has 1 heterocycles. The van der Waals surface area contributed by atoms with Crippen LogP contribution in [0.1, 0.15) is 5.69 Å². The monoisotopic (exact) mass is 460 g/mol. The Balaban J connectivity index is 2.13. The van der Waals surface area contributed by atoms with Gasteiger partial charge in [0.2, 0.25) is 12.2 Å². The van der Waals surface area contributed by atoms with Crippen molar-refractivity contribution in [3.63, 3.8) is 0 Å². The number of likely N-dealkylation sites (N-methyl/N-ethyl adjacent to an activating group) is 2. The molecule has 9 nitrogen and oxygen atoms in total. The summed E-state index contributed by atoms with van der Waals surface area (Å²) in [6, 6.07) is 4.14. The van der Waals surface area contributed by atoms with Gasteiger partial charge in [0, 0.05) is 25.0 Å². The Kier molecular flexibility index (Phi) is 8.00. The van der Waals surface area contributed by atoms with Crippen molar-refractivity contribution < 1.29 is 19.0 Å². The van der Waals surface area contributed by atoms with Gasteiger partial charge >= 0.3 is 0 Å². The average molecular weight is 461 g/mol. The van der Waals surface area contributed by atoms with Crippen molar-refractivity contribution >= 4 is 45.6 Å². The molecule has 1 atom stereocenters. The molecule has 0 fully saturated rings. The highest BCUT2D eigenvalue weighted by Crippen LogP contribution is 2.24. The van der Waals surface area contributed by atoms with E-state index in [1.807, 2.05) is 0 Å². The van der Waals surface area contributed by atoms with Crippen LogP contribution in [0.25, 0.3) is 0 Å². The van der Waals surface area contributed by atoms with E-state index < -0.39 is 5.82 Å². The summed E-state index contributed by atoms with van der Waals surface area (Å²) in [5, 5.41) is 26.4. The van der Waals surface area contributed by atoms with E-state index in [-0.39, 0.29) is 22.0 Å². The molecule has 0 radical (unpaired) electrons. The van der Waals surface area contributed by atoms with Gasteiger partial charge in [-0.2, -0.15) is 0 Å². The Hall–Kier alpha value is -2.18. The van der Waals surface area contributed by atoms with E-state index >= 15 is 0 Å². The molecule has 12 heteroatoms. The molecular weight excluding hydrogens is 443 g/mol. The number of thioether (sulfide) groups is 1. The first-order valence-corrected chi connectivity index (χ1v) is 9.49. The third-order valence-corrected chi connectivity index (χ3v) is 5.26. The normalized spacial score (nSPS) is 12.7. The Morgan fingerprint density at radius 2 is 2.33 bits per heavy atom. The number of anilines is 1. The van der Waals surface area contributed by atoms with E-state index in [1.54, 1.807) is 19.0 Å². The second-order valence-corrected chi connectivity index (χ2v) is 7.28. The number of carbonyl (C=O) groups excluding carboxylic acids is 1. The third-order valence-electron chi connectivity index (χ3n) is 3.56. The van der Waals surface area contributed by atoms with Gasteiger partial charge in [0.15, 0.2) is 10.7 Å². The maximum atomic E-state index is 13.4. The van der Waals surface area contributed by atoms with Gasteiger partial charge in [-0.25, -0.2) is 9.02 Å². The molecule has 0 aliphatic heterocycles. The predicted octanol–water partition coefficient (Wildman–Crippen LogP) is 1.99. The number of hydrogen-bond acceptors (Lipinski definition) is 8. The molecule has 1 aromatic heterocycles. The minimum atomic E-state index is -0.419. The molecule has 1 unspecified atom stereocenters. The highest BCUT2D eigenvalue weighted by atomic mass is 79.9. The fraction of sp³-hybridized carbons (Fsp3) is 0.333. The van der Waals surface area contributed by atoms with E-state index in [0.29, 0.717) is 23.0 Å². The summed E-state index contributed by atoms with van der Waals surface area (Å²) in [6.45, 7) is 0.589. The van der Waals surface area contributed by atoms with Crippen molar-refractivity contribution in [3.8, 4) is 0 Å². The van der Waals surface area contributed by atoms with Gasteiger partial charge in [-0.1, -0.05) is 16.9 Å². The van der Waals surface area contributed by atoms with Gasteiger partial charge in [-0.05, 0) is 51.5 Å². The summed E-state index contributed by atoms with van der Waals surface area (Å²) in [5.41, 5.74) is 0.670. The van der Waals surface area contributed by atoms with Crippen molar-refractivity contribution in [2.45, 2.75) is 11.1 Å². The number of benzene rings is 1. The molecule has 0 saturated heterocycles. The highest BCUT2D eigenvalue weighted by Gasteiger charge is 2.21. The molecule has 0 saturated carbocycles. The molecule has 146 valence electrons. The highest BCUT2D eigenvalue weighted by molar-refractivity contribution is 9.10. The molecule has 27 heavy (non-hydrogen) atoms. The lowest BCUT2D eigenvalue weighted by molar-refractivity contribution is -0.118. The number of rotatable bonds is 9. The Labute approximate surface area is 167 Å². The third kappa shape index (κ3) is 5.65. The number of carbonyl (C=O) groups is 1. The number of halogens is 2. The van der Waals surface area contributed by atoms with Crippen LogP contribution in [0.4, 0.5) is 10.1 Å². The number of aromatic nitrogens is 2. The lowest BCUT2D eigenvalue weighted by Gasteiger charge is -2.23. The summed E-state index contributed by atoms with van der Waals surface area (Å²) in [6.07, 6.45) is 0.749. The quantitative estimate of drug-likeness (QED) is 0.130. The van der Waals surface area contributed by atoms with Gasteiger partial charge < -0.3 is 20.7 Å². The largest absolute Gasteiger partial charge is 0.409 e. The molecule has 3 N–H and O–H groups in total. The first-order valence-electron chi connectivity index (χ1n) is 7.71. The van der Waals surface area contributed by atoms with Crippen LogP contribution in [0.15, 0.2) is 37.5 Å². The van der Waals surface area contributed by atoms with Gasteiger partial charge in [-0.3, -0.25) is 4.79 Å². The summed E-state index contributed by atoms with van der Waals surface area (Å²) >= 11 is 4.39. The first-order chi connectivity index (χ1) is 13.0. The van der Waals surface area contributed by atoms with Crippen LogP contribution in [0.3, 0.4) is 0 Å². The Morgan fingerprint density at radius 1 is 1.56 bits per heavy atom. The van der Waals surface area contributed by atoms with Gasteiger partial charge in [0.1, 0.15) is 5.82 Å². The zero-order valence-electron chi connectivity index (χ0n) is 14.5. The second kappa shape index (κ2) is 10.2. The van der Waals surface area contributed by atoms with Crippen LogP contribution in [0.5, 0.6) is 0 Å². The minimum Gasteiger partial charge on any atom is -0.409 e. The van der Waals surface area contributed by atoms with Crippen molar-refractivity contribution in [1.29, 1.82) is 0 Å². The summed E-state index contributed by atoms with van der Waals surface area (Å²) in [5.74, 6) is 0.0846. The topological polar surface area (TPSA) is 116 Å². The van der Waals surface area contributed by atoms with Crippen molar-refractivity contribution in [2.24, 2.45) is 5.16 Å². The number of amidine groups is 1. The van der Waals surface area contributed by atoms with E-state index in [4.69, 9.17) is 4.63 Å². The van der Waals surface area contributed by atoms with Crippen molar-refractivity contribution in [1.82, 2.24) is 20.5 Å². The summed E-state index contributed by atoms with van der Waals surface area (Å²) in [7, 11) is 3.48. The van der Waals surface area contributed by atoms with Gasteiger partial charge in [0.05, 0.1) is 10.5 Å². The molecule has 1 aromatic carbocycles. The van der Waals surface area contributed by atoms with Crippen LogP contribution >= 0.6 is 27.7 Å². The molecule has 2 rings (SSSR count). The average Bonchev–Trinajstić information content (AvgIpc) is 3.13. The fourth-order valence-electron chi connectivity index (χ4n) is 2.08. The van der Waals surface area contributed by atoms with Crippen LogP contribution in [0.2, 0.25) is 0 Å². The van der Waals surface area contributed by atoms with Gasteiger partial charge in [0.25, 0.3) is 0 Å². The second-order valence-electron chi connectivity index (χ2n) is 5.41. The summed E-state index contributed by atoms with van der Waals surface area (Å²) in [4.78, 5) is 12.6. The SMILES string of the molecule is CNCC(CSc1nonc1/C(=N/O)Nc1ccc(F)c(Br)c1)N(C)C=O. The van der Waals surface area contributed by atoms with Crippen LogP contribution in [-0.2, 0) is 4.79 Å². The maximum absolute atomic E-state index is 13.4. The number of oxime groups is 1. The summed E-state index contributed by atoms with van der Waals surface area (Å²) < 4.78 is 18.4. The number of amides is 1. The lowest BCUT2D eigenvalue weighted by atomic mass is 10.3. The molecular formula is C15H18BrFN6O3S. The van der Waals surface area contributed by atoms with Crippen molar-refractivity contribution in [3.05, 3.63) is 34.2 Å². The van der Waals surface area contributed by atoms with Crippen LogP contribution < -0.4 is 10.6 Å². The van der Waals surface area contributed by atoms with E-state index in [9.17, 15) is 14.4 Å².